The molecule has 2 aliphatic rings. The molecule has 2 saturated heterocycles. The van der Waals surface area contributed by atoms with Crippen molar-refractivity contribution in [3.8, 4) is 5.75 Å². The number of piperidine rings is 1. The SMILES string of the molecule is Cc1cc(Cl)cc(B2OC(C)(C)C(C)(C)O2)c1OC1CCCN(C(=O)O)C1. The largest absolute Gasteiger partial charge is 0.498 e. The Bertz CT molecular complexity index is 723. The van der Waals surface area contributed by atoms with Crippen molar-refractivity contribution >= 4 is 30.3 Å². The van der Waals surface area contributed by atoms with Gasteiger partial charge in [-0.05, 0) is 65.2 Å². The molecule has 6 nitrogen and oxygen atoms in total. The Hall–Kier alpha value is -1.44. The number of carboxylic acid groups (broad SMARTS) is 1. The van der Waals surface area contributed by atoms with Crippen molar-refractivity contribution in [2.75, 3.05) is 13.1 Å². The van der Waals surface area contributed by atoms with Crippen molar-refractivity contribution in [3.05, 3.63) is 22.7 Å². The smallest absolute Gasteiger partial charge is 0.489 e. The molecule has 148 valence electrons. The van der Waals surface area contributed by atoms with Crippen molar-refractivity contribution in [2.24, 2.45) is 0 Å². The lowest BCUT2D eigenvalue weighted by Crippen LogP contribution is -2.45. The van der Waals surface area contributed by atoms with E-state index >= 15 is 0 Å². The molecule has 0 radical (unpaired) electrons. The summed E-state index contributed by atoms with van der Waals surface area (Å²) >= 11 is 6.30. The fourth-order valence-corrected chi connectivity index (χ4v) is 3.72. The van der Waals surface area contributed by atoms with Crippen LogP contribution in [0.4, 0.5) is 4.79 Å². The van der Waals surface area contributed by atoms with Gasteiger partial charge in [-0.25, -0.2) is 4.79 Å². The first-order chi connectivity index (χ1) is 12.5. The Labute approximate surface area is 165 Å². The van der Waals surface area contributed by atoms with Crippen LogP contribution in [0.2, 0.25) is 5.02 Å². The number of carbonyl (C=O) groups is 1. The Morgan fingerprint density at radius 2 is 1.93 bits per heavy atom. The first kappa shape index (κ1) is 20.3. The number of hydrogen-bond donors (Lipinski definition) is 1. The van der Waals surface area contributed by atoms with Crippen LogP contribution in [0.15, 0.2) is 12.1 Å². The maximum absolute atomic E-state index is 11.3. The summed E-state index contributed by atoms with van der Waals surface area (Å²) in [5.41, 5.74) is 0.664. The third-order valence-electron chi connectivity index (χ3n) is 5.71. The lowest BCUT2D eigenvalue weighted by molar-refractivity contribution is 0.00578. The van der Waals surface area contributed by atoms with E-state index in [1.165, 1.54) is 4.90 Å². The van der Waals surface area contributed by atoms with Gasteiger partial charge in [0.25, 0.3) is 0 Å². The molecule has 8 heteroatoms. The molecule has 3 rings (SSSR count). The summed E-state index contributed by atoms with van der Waals surface area (Å²) in [4.78, 5) is 12.7. The van der Waals surface area contributed by atoms with Gasteiger partial charge in [0.15, 0.2) is 0 Å². The van der Waals surface area contributed by atoms with Gasteiger partial charge in [0, 0.05) is 17.0 Å². The van der Waals surface area contributed by atoms with Gasteiger partial charge < -0.3 is 24.1 Å². The lowest BCUT2D eigenvalue weighted by atomic mass is 9.77. The second-order valence-corrected chi connectivity index (χ2v) is 8.78. The zero-order chi connectivity index (χ0) is 20.0. The molecule has 0 spiro atoms. The molecule has 0 saturated carbocycles. The topological polar surface area (TPSA) is 68.2 Å². The van der Waals surface area contributed by atoms with E-state index in [2.05, 4.69) is 0 Å². The normalized spacial score (nSPS) is 24.1. The number of amides is 1. The zero-order valence-electron chi connectivity index (χ0n) is 16.5. The van der Waals surface area contributed by atoms with E-state index < -0.39 is 24.4 Å². The van der Waals surface area contributed by atoms with Crippen molar-refractivity contribution in [1.82, 2.24) is 4.90 Å². The van der Waals surface area contributed by atoms with Crippen molar-refractivity contribution < 1.29 is 23.9 Å². The molecule has 0 bridgehead atoms. The van der Waals surface area contributed by atoms with E-state index in [4.69, 9.17) is 25.6 Å². The quantitative estimate of drug-likeness (QED) is 0.794. The number of rotatable bonds is 3. The van der Waals surface area contributed by atoms with Crippen LogP contribution in [0.5, 0.6) is 5.75 Å². The molecular weight excluding hydrogens is 368 g/mol. The van der Waals surface area contributed by atoms with Crippen LogP contribution < -0.4 is 10.2 Å². The minimum Gasteiger partial charge on any atom is -0.489 e. The standard InChI is InChI=1S/C19H27BClNO5/c1-12-9-13(21)10-15(20-26-18(2,3)19(4,5)27-20)16(12)25-14-7-6-8-22(11-14)17(23)24/h9-10,14H,6-8,11H2,1-5H3,(H,23,24). The first-order valence-corrected chi connectivity index (χ1v) is 9.68. The van der Waals surface area contributed by atoms with E-state index in [1.54, 1.807) is 0 Å². The second kappa shape index (κ2) is 7.19. The average Bonchev–Trinajstić information content (AvgIpc) is 2.78. The lowest BCUT2D eigenvalue weighted by Gasteiger charge is -2.32. The Morgan fingerprint density at radius 3 is 2.52 bits per heavy atom. The van der Waals surface area contributed by atoms with Crippen LogP contribution in [0.1, 0.15) is 46.1 Å². The zero-order valence-corrected chi connectivity index (χ0v) is 17.3. The van der Waals surface area contributed by atoms with Crippen molar-refractivity contribution in [1.29, 1.82) is 0 Å². The predicted molar refractivity (Wildman–Crippen MR) is 105 cm³/mol. The summed E-state index contributed by atoms with van der Waals surface area (Å²) < 4.78 is 18.6. The molecule has 2 heterocycles. The number of likely N-dealkylation sites (tertiary alicyclic amines) is 1. The van der Waals surface area contributed by atoms with Crippen LogP contribution in [-0.4, -0.2) is 53.6 Å². The van der Waals surface area contributed by atoms with Crippen LogP contribution in [0.3, 0.4) is 0 Å². The summed E-state index contributed by atoms with van der Waals surface area (Å²) in [5, 5.41) is 9.85. The molecule has 1 N–H and O–H groups in total. The molecule has 2 aliphatic heterocycles. The second-order valence-electron chi connectivity index (χ2n) is 8.34. The third kappa shape index (κ3) is 4.05. The molecule has 1 aromatic rings. The fourth-order valence-electron chi connectivity index (χ4n) is 3.44. The van der Waals surface area contributed by atoms with E-state index in [-0.39, 0.29) is 6.10 Å². The highest BCUT2D eigenvalue weighted by molar-refractivity contribution is 6.63. The molecular formula is C19H27BClNO5. The molecule has 2 fully saturated rings. The molecule has 1 atom stereocenters. The maximum Gasteiger partial charge on any atom is 0.498 e. The number of aryl methyl sites for hydroxylation is 1. The van der Waals surface area contributed by atoms with Gasteiger partial charge in [0.05, 0.1) is 17.7 Å². The number of hydrogen-bond acceptors (Lipinski definition) is 4. The number of ether oxygens (including phenoxy) is 1. The molecule has 27 heavy (non-hydrogen) atoms. The third-order valence-corrected chi connectivity index (χ3v) is 5.93. The Balaban J connectivity index is 1.89. The van der Waals surface area contributed by atoms with Gasteiger partial charge in [-0.1, -0.05) is 11.6 Å². The average molecular weight is 396 g/mol. The van der Waals surface area contributed by atoms with Crippen molar-refractivity contribution in [3.63, 3.8) is 0 Å². The van der Waals surface area contributed by atoms with Crippen LogP contribution in [0.25, 0.3) is 0 Å². The van der Waals surface area contributed by atoms with Gasteiger partial charge in [0.2, 0.25) is 0 Å². The molecule has 1 amide bonds. The highest BCUT2D eigenvalue weighted by Gasteiger charge is 2.52. The predicted octanol–water partition coefficient (Wildman–Crippen LogP) is 3.47. The highest BCUT2D eigenvalue weighted by Crippen LogP contribution is 2.38. The van der Waals surface area contributed by atoms with E-state index in [0.29, 0.717) is 23.9 Å². The summed E-state index contributed by atoms with van der Waals surface area (Å²) in [6.45, 7) is 10.8. The molecule has 1 aromatic carbocycles. The van der Waals surface area contributed by atoms with Gasteiger partial charge in [-0.2, -0.15) is 0 Å². The number of nitrogens with zero attached hydrogens (tertiary/aromatic N) is 1. The van der Waals surface area contributed by atoms with Crippen LogP contribution in [-0.2, 0) is 9.31 Å². The summed E-state index contributed by atoms with van der Waals surface area (Å²) in [6, 6.07) is 3.65. The first-order valence-electron chi connectivity index (χ1n) is 9.30. The Kier molecular flexibility index (Phi) is 5.40. The highest BCUT2D eigenvalue weighted by atomic mass is 35.5. The number of benzene rings is 1. The van der Waals surface area contributed by atoms with Gasteiger partial charge in [0.1, 0.15) is 11.9 Å². The molecule has 1 unspecified atom stereocenters. The maximum atomic E-state index is 11.3. The van der Waals surface area contributed by atoms with E-state index in [9.17, 15) is 9.90 Å². The van der Waals surface area contributed by atoms with E-state index in [1.807, 2.05) is 46.8 Å². The Morgan fingerprint density at radius 1 is 1.30 bits per heavy atom. The minimum absolute atomic E-state index is 0.212. The minimum atomic E-state index is -0.915. The van der Waals surface area contributed by atoms with E-state index in [0.717, 1.165) is 23.9 Å². The van der Waals surface area contributed by atoms with Crippen LogP contribution >= 0.6 is 11.6 Å². The molecule has 0 aliphatic carbocycles. The van der Waals surface area contributed by atoms with Gasteiger partial charge in [-0.3, -0.25) is 0 Å². The summed E-state index contributed by atoms with van der Waals surface area (Å²) in [5.74, 6) is 0.662. The number of halogens is 1. The van der Waals surface area contributed by atoms with Crippen LogP contribution in [0, 0.1) is 6.92 Å². The van der Waals surface area contributed by atoms with Crippen molar-refractivity contribution in [2.45, 2.75) is 64.8 Å². The van der Waals surface area contributed by atoms with Gasteiger partial charge in [-0.15, -0.1) is 0 Å². The molecule has 0 aromatic heterocycles. The summed E-state index contributed by atoms with van der Waals surface area (Å²) in [7, 11) is -0.596. The van der Waals surface area contributed by atoms with Gasteiger partial charge >= 0.3 is 13.2 Å². The fraction of sp³-hybridized carbons (Fsp3) is 0.632. The monoisotopic (exact) mass is 395 g/mol. The summed E-state index contributed by atoms with van der Waals surface area (Å²) in [6.07, 6.45) is 0.447.